The molecular weight excluding hydrogens is 723 g/mol. The summed E-state index contributed by atoms with van der Waals surface area (Å²) in [6, 6.07) is 31.7. The van der Waals surface area contributed by atoms with Crippen molar-refractivity contribution in [3.05, 3.63) is 131 Å². The maximum atomic E-state index is 13.2. The summed E-state index contributed by atoms with van der Waals surface area (Å²) in [5.41, 5.74) is 5.87. The van der Waals surface area contributed by atoms with E-state index in [1.54, 1.807) is 0 Å². The molecule has 0 bridgehead atoms. The zero-order valence-electron chi connectivity index (χ0n) is 33.5. The standard InChI is InChI=1S/C46H55N3O8/c1-30-40(28-49-24-10-15-39(49)43(52)57-46(2,3)4)55-44(56-41(30)35-18-16-32(29-50)17-19-35)36-22-20-34(21-23-36)37-14-9-13-33(25-37)27-47-45(53)48-38(42(51)54-5)26-31-11-7-6-8-12-31/h6-9,11-14,16-23,25,30,38-41,44,50H,10,15,24,26-29H2,1-5H3,(H2,47,48,53)/t30-,38-,39-,40+,41+,44+/m0/s1. The van der Waals surface area contributed by atoms with E-state index in [-0.39, 0.29) is 43.3 Å². The van der Waals surface area contributed by atoms with Crippen LogP contribution in [0.5, 0.6) is 0 Å². The lowest BCUT2D eigenvalue weighted by atomic mass is 9.89. The second kappa shape index (κ2) is 18.9. The van der Waals surface area contributed by atoms with Crippen molar-refractivity contribution in [1.82, 2.24) is 15.5 Å². The first-order valence-corrected chi connectivity index (χ1v) is 19.7. The Kier molecular flexibility index (Phi) is 13.8. The summed E-state index contributed by atoms with van der Waals surface area (Å²) in [6.45, 7) is 9.37. The first-order valence-electron chi connectivity index (χ1n) is 19.7. The predicted octanol–water partition coefficient (Wildman–Crippen LogP) is 7.03. The van der Waals surface area contributed by atoms with Gasteiger partial charge in [-0.15, -0.1) is 0 Å². The molecule has 2 aliphatic rings. The minimum absolute atomic E-state index is 0.0333. The van der Waals surface area contributed by atoms with Crippen LogP contribution in [0.1, 0.15) is 80.7 Å². The molecule has 6 atom stereocenters. The molecule has 0 radical (unpaired) electrons. The number of likely N-dealkylation sites (tertiary alicyclic amines) is 1. The number of aliphatic hydroxyl groups excluding tert-OH is 1. The topological polar surface area (TPSA) is 136 Å². The third kappa shape index (κ3) is 11.1. The highest BCUT2D eigenvalue weighted by molar-refractivity contribution is 5.83. The summed E-state index contributed by atoms with van der Waals surface area (Å²) in [7, 11) is 1.31. The van der Waals surface area contributed by atoms with E-state index >= 15 is 0 Å². The second-order valence-electron chi connectivity index (χ2n) is 15.9. The number of aliphatic hydroxyl groups is 1. The average molecular weight is 778 g/mol. The number of methoxy groups -OCH3 is 1. The van der Waals surface area contributed by atoms with Crippen LogP contribution in [0.15, 0.2) is 103 Å². The number of hydrogen-bond donors (Lipinski definition) is 3. The molecule has 4 aromatic rings. The molecular formula is C46H55N3O8. The first-order chi connectivity index (χ1) is 27.4. The van der Waals surface area contributed by atoms with Crippen molar-refractivity contribution in [2.45, 2.75) is 96.3 Å². The molecule has 11 heteroatoms. The summed E-state index contributed by atoms with van der Waals surface area (Å²) in [5.74, 6) is -0.745. The van der Waals surface area contributed by atoms with Gasteiger partial charge in [0.15, 0.2) is 6.29 Å². The highest BCUT2D eigenvalue weighted by Crippen LogP contribution is 2.42. The maximum absolute atomic E-state index is 13.2. The molecule has 11 nitrogen and oxygen atoms in total. The van der Waals surface area contributed by atoms with Crippen LogP contribution in [0.3, 0.4) is 0 Å². The average Bonchev–Trinajstić information content (AvgIpc) is 3.69. The van der Waals surface area contributed by atoms with Gasteiger partial charge in [0.05, 0.1) is 25.9 Å². The number of amides is 2. The van der Waals surface area contributed by atoms with Crippen molar-refractivity contribution >= 4 is 18.0 Å². The molecule has 302 valence electrons. The van der Waals surface area contributed by atoms with Gasteiger partial charge in [0, 0.05) is 31.0 Å². The number of carbonyl (C=O) groups excluding carboxylic acids is 3. The number of rotatable bonds is 13. The fraction of sp³-hybridized carbons (Fsp3) is 0.413. The van der Waals surface area contributed by atoms with E-state index in [1.807, 2.05) is 124 Å². The van der Waals surface area contributed by atoms with Crippen molar-refractivity contribution in [2.75, 3.05) is 20.2 Å². The van der Waals surface area contributed by atoms with Gasteiger partial charge in [-0.2, -0.15) is 0 Å². The molecule has 0 aromatic heterocycles. The van der Waals surface area contributed by atoms with Gasteiger partial charge in [0.1, 0.15) is 17.7 Å². The number of esters is 2. The van der Waals surface area contributed by atoms with Gasteiger partial charge in [-0.25, -0.2) is 9.59 Å². The van der Waals surface area contributed by atoms with Crippen LogP contribution in [-0.2, 0) is 48.1 Å². The number of nitrogens with one attached hydrogen (secondary N) is 2. The van der Waals surface area contributed by atoms with E-state index in [2.05, 4.69) is 22.5 Å². The Labute approximate surface area is 335 Å². The third-order valence-electron chi connectivity index (χ3n) is 10.6. The first kappa shape index (κ1) is 41.6. The van der Waals surface area contributed by atoms with Crippen LogP contribution in [0, 0.1) is 5.92 Å². The number of urea groups is 1. The lowest BCUT2D eigenvalue weighted by molar-refractivity contribution is -0.276. The SMILES string of the molecule is COC(=O)[C@H](Cc1ccccc1)NC(=O)NCc1cccc(-c2ccc([C@@H]3O[C@H](CN4CCC[C@H]4C(=O)OC(C)(C)C)[C@H](C)[C@H](c4ccc(CO)cc4)O3)cc2)c1. The van der Waals surface area contributed by atoms with E-state index in [1.165, 1.54) is 7.11 Å². The Bertz CT molecular complexity index is 1950. The van der Waals surface area contributed by atoms with Crippen LogP contribution >= 0.6 is 0 Å². The van der Waals surface area contributed by atoms with E-state index < -0.39 is 29.9 Å². The molecule has 0 saturated carbocycles. The van der Waals surface area contributed by atoms with E-state index in [9.17, 15) is 19.5 Å². The van der Waals surface area contributed by atoms with Crippen molar-refractivity contribution in [3.8, 4) is 11.1 Å². The van der Waals surface area contributed by atoms with Gasteiger partial charge >= 0.3 is 18.0 Å². The van der Waals surface area contributed by atoms with Crippen molar-refractivity contribution in [1.29, 1.82) is 0 Å². The summed E-state index contributed by atoms with van der Waals surface area (Å²) >= 11 is 0. The highest BCUT2D eigenvalue weighted by Gasteiger charge is 2.42. The van der Waals surface area contributed by atoms with Gasteiger partial charge in [0.2, 0.25) is 0 Å². The lowest BCUT2D eigenvalue weighted by Crippen LogP contribution is -2.48. The number of benzene rings is 4. The maximum Gasteiger partial charge on any atom is 0.328 e. The fourth-order valence-corrected chi connectivity index (χ4v) is 7.51. The number of hydrogen-bond acceptors (Lipinski definition) is 9. The van der Waals surface area contributed by atoms with E-state index in [0.29, 0.717) is 13.0 Å². The number of carbonyl (C=O) groups is 3. The summed E-state index contributed by atoms with van der Waals surface area (Å²) in [5, 5.41) is 15.3. The molecule has 0 aliphatic carbocycles. The monoisotopic (exact) mass is 777 g/mol. The number of ether oxygens (including phenoxy) is 4. The van der Waals surface area contributed by atoms with E-state index in [0.717, 1.165) is 58.3 Å². The normalized spacial score (nSPS) is 21.7. The Morgan fingerprint density at radius 1 is 0.860 bits per heavy atom. The Morgan fingerprint density at radius 3 is 2.25 bits per heavy atom. The van der Waals surface area contributed by atoms with Gasteiger partial charge < -0.3 is 34.7 Å². The van der Waals surface area contributed by atoms with Crippen LogP contribution in [0.2, 0.25) is 0 Å². The van der Waals surface area contributed by atoms with Crippen LogP contribution in [0.25, 0.3) is 11.1 Å². The second-order valence-corrected chi connectivity index (χ2v) is 15.9. The quantitative estimate of drug-likeness (QED) is 0.122. The van der Waals surface area contributed by atoms with Crippen molar-refractivity contribution in [2.24, 2.45) is 5.92 Å². The van der Waals surface area contributed by atoms with Crippen LogP contribution in [0.4, 0.5) is 4.79 Å². The largest absolute Gasteiger partial charge is 0.467 e. The predicted molar refractivity (Wildman–Crippen MR) is 217 cm³/mol. The fourth-order valence-electron chi connectivity index (χ4n) is 7.51. The minimum atomic E-state index is -0.825. The van der Waals surface area contributed by atoms with Gasteiger partial charge in [0.25, 0.3) is 0 Å². The minimum Gasteiger partial charge on any atom is -0.467 e. The van der Waals surface area contributed by atoms with Gasteiger partial charge in [-0.1, -0.05) is 104 Å². The Hall–Kier alpha value is -5.07. The lowest BCUT2D eigenvalue weighted by Gasteiger charge is -2.43. The molecule has 0 spiro atoms. The van der Waals surface area contributed by atoms with Gasteiger partial charge in [-0.05, 0) is 79.6 Å². The summed E-state index contributed by atoms with van der Waals surface area (Å²) in [6.07, 6.45) is 0.790. The van der Waals surface area contributed by atoms with Crippen LogP contribution in [-0.4, -0.2) is 72.0 Å². The molecule has 2 fully saturated rings. The van der Waals surface area contributed by atoms with Gasteiger partial charge in [-0.3, -0.25) is 9.69 Å². The molecule has 2 heterocycles. The molecule has 0 unspecified atom stereocenters. The molecule has 3 N–H and O–H groups in total. The molecule has 57 heavy (non-hydrogen) atoms. The zero-order chi connectivity index (χ0) is 40.5. The molecule has 4 aromatic carbocycles. The Balaban J connectivity index is 1.14. The van der Waals surface area contributed by atoms with Crippen molar-refractivity contribution < 1.29 is 38.4 Å². The van der Waals surface area contributed by atoms with Crippen molar-refractivity contribution in [3.63, 3.8) is 0 Å². The highest BCUT2D eigenvalue weighted by atomic mass is 16.7. The smallest absolute Gasteiger partial charge is 0.328 e. The summed E-state index contributed by atoms with van der Waals surface area (Å²) in [4.78, 5) is 40.7. The molecule has 2 amide bonds. The number of nitrogens with zero attached hydrogens (tertiary/aromatic N) is 1. The Morgan fingerprint density at radius 2 is 1.56 bits per heavy atom. The van der Waals surface area contributed by atoms with E-state index in [4.69, 9.17) is 18.9 Å². The molecule has 2 aliphatic heterocycles. The van der Waals surface area contributed by atoms with Crippen LogP contribution < -0.4 is 10.6 Å². The molecule has 2 saturated heterocycles. The third-order valence-corrected chi connectivity index (χ3v) is 10.6. The molecule has 6 rings (SSSR count). The zero-order valence-corrected chi connectivity index (χ0v) is 33.5. The summed E-state index contributed by atoms with van der Waals surface area (Å²) < 4.78 is 24.2.